The number of rotatable bonds is 6. The second-order valence-electron chi connectivity index (χ2n) is 11.3. The number of hydrogen-bond acceptors (Lipinski definition) is 5. The molecule has 0 spiro atoms. The second-order valence-corrected chi connectivity index (χ2v) is 11.3. The molecule has 1 aromatic carbocycles. The summed E-state index contributed by atoms with van der Waals surface area (Å²) in [5, 5.41) is 7.42. The quantitative estimate of drug-likeness (QED) is 0.453. The number of nitrogens with zero attached hydrogens (tertiary/aromatic N) is 3. The molecule has 1 atom stereocenters. The molecule has 204 valence electrons. The number of hydrogen-bond donors (Lipinski definition) is 2. The van der Waals surface area contributed by atoms with Crippen molar-refractivity contribution in [3.05, 3.63) is 70.6 Å². The lowest BCUT2D eigenvalue weighted by molar-refractivity contribution is -0.115. The first-order valence-corrected chi connectivity index (χ1v) is 13.9. The third kappa shape index (κ3) is 5.28. The second kappa shape index (κ2) is 10.8. The zero-order valence-electron chi connectivity index (χ0n) is 23.9. The molecule has 1 saturated heterocycles. The number of nitrogens with one attached hydrogen (secondary N) is 2. The molecule has 3 heterocycles. The van der Waals surface area contributed by atoms with Crippen LogP contribution in [-0.4, -0.2) is 53.5 Å². The van der Waals surface area contributed by atoms with Gasteiger partial charge in [0, 0.05) is 84.7 Å². The van der Waals surface area contributed by atoms with E-state index in [4.69, 9.17) is 4.98 Å². The Morgan fingerprint density at radius 1 is 1.18 bits per heavy atom. The number of pyridine rings is 1. The van der Waals surface area contributed by atoms with E-state index >= 15 is 0 Å². The molecular weight excluding hydrogens is 486 g/mol. The molecule has 7 nitrogen and oxygen atoms in total. The van der Waals surface area contributed by atoms with Crippen LogP contribution in [0.25, 0.3) is 22.0 Å². The fourth-order valence-corrected chi connectivity index (χ4v) is 5.86. The summed E-state index contributed by atoms with van der Waals surface area (Å²) in [7, 11) is 0. The van der Waals surface area contributed by atoms with Crippen LogP contribution in [-0.2, 0) is 4.79 Å². The first kappa shape index (κ1) is 26.9. The molecule has 2 aliphatic rings. The zero-order chi connectivity index (χ0) is 27.8. The number of allylic oxidation sites excluding steroid dienone is 3. The van der Waals surface area contributed by atoms with Gasteiger partial charge in [0.15, 0.2) is 5.78 Å². The maximum absolute atomic E-state index is 13.7. The third-order valence-electron chi connectivity index (χ3n) is 7.94. The van der Waals surface area contributed by atoms with Crippen LogP contribution in [0.2, 0.25) is 0 Å². The van der Waals surface area contributed by atoms with Crippen molar-refractivity contribution in [1.29, 1.82) is 0 Å². The predicted molar refractivity (Wildman–Crippen MR) is 158 cm³/mol. The van der Waals surface area contributed by atoms with E-state index < -0.39 is 0 Å². The summed E-state index contributed by atoms with van der Waals surface area (Å²) < 4.78 is 2.22. The fourth-order valence-electron chi connectivity index (χ4n) is 5.86. The smallest absolute Gasteiger partial charge is 0.252 e. The Morgan fingerprint density at radius 3 is 2.64 bits per heavy atom. The van der Waals surface area contributed by atoms with Crippen molar-refractivity contribution in [3.63, 3.8) is 0 Å². The number of benzene rings is 1. The summed E-state index contributed by atoms with van der Waals surface area (Å²) in [6.07, 6.45) is 6.47. The lowest BCUT2D eigenvalue weighted by Crippen LogP contribution is -2.50. The van der Waals surface area contributed by atoms with E-state index in [1.165, 1.54) is 0 Å². The van der Waals surface area contributed by atoms with Crippen molar-refractivity contribution in [3.8, 4) is 11.1 Å². The highest BCUT2D eigenvalue weighted by Crippen LogP contribution is 2.33. The number of aromatic nitrogens is 2. The van der Waals surface area contributed by atoms with E-state index in [1.807, 2.05) is 39.1 Å². The van der Waals surface area contributed by atoms with Gasteiger partial charge in [0.2, 0.25) is 0 Å². The van der Waals surface area contributed by atoms with Crippen molar-refractivity contribution in [2.75, 3.05) is 31.1 Å². The van der Waals surface area contributed by atoms with E-state index in [9.17, 15) is 9.59 Å². The average molecular weight is 526 g/mol. The van der Waals surface area contributed by atoms with Crippen LogP contribution < -0.4 is 15.5 Å². The Kier molecular flexibility index (Phi) is 7.45. The van der Waals surface area contributed by atoms with Crippen LogP contribution in [0.1, 0.15) is 63.0 Å². The third-order valence-corrected chi connectivity index (χ3v) is 7.94. The van der Waals surface area contributed by atoms with Crippen LogP contribution in [0.5, 0.6) is 0 Å². The molecule has 1 aliphatic heterocycles. The highest BCUT2D eigenvalue weighted by Gasteiger charge is 2.23. The summed E-state index contributed by atoms with van der Waals surface area (Å²) in [6.45, 7) is 15.5. The monoisotopic (exact) mass is 525 g/mol. The number of ketones is 1. The lowest BCUT2D eigenvalue weighted by atomic mass is 9.92. The Morgan fingerprint density at radius 2 is 1.97 bits per heavy atom. The normalized spacial score (nSPS) is 18.2. The van der Waals surface area contributed by atoms with Crippen molar-refractivity contribution in [2.45, 2.75) is 60.0 Å². The lowest BCUT2D eigenvalue weighted by Gasteiger charge is -2.34. The number of Topliss-reactive ketones (excluding diaryl/α,β-unsaturated/α-hetero) is 1. The van der Waals surface area contributed by atoms with Gasteiger partial charge in [-0.25, -0.2) is 4.98 Å². The molecule has 0 radical (unpaired) electrons. The van der Waals surface area contributed by atoms with E-state index in [-0.39, 0.29) is 24.3 Å². The Hall–Kier alpha value is -3.71. The number of carbonyl (C=O) groups excluding carboxylic acids is 2. The molecule has 3 aromatic rings. The van der Waals surface area contributed by atoms with Gasteiger partial charge < -0.3 is 20.1 Å². The molecule has 1 amide bonds. The standard InChI is InChI=1S/C32H39N5O2/c1-19(2)37-18-22(5)31-26(32(39)35-17-27-21(4)11-20(3)12-29(27)38)13-25(14-28(31)37)24-7-8-30(34-16-24)36-10-9-33-15-23(36)6/h7-8,11,13-14,16,18-19,23,33H,9-10,12,15,17H2,1-6H3,(H,35,39)/t23-/m0/s1. The van der Waals surface area contributed by atoms with Crippen molar-refractivity contribution in [1.82, 2.24) is 20.2 Å². The Balaban J connectivity index is 1.52. The van der Waals surface area contributed by atoms with Crippen molar-refractivity contribution >= 4 is 28.4 Å². The summed E-state index contributed by atoms with van der Waals surface area (Å²) in [5.41, 5.74) is 7.27. The van der Waals surface area contributed by atoms with E-state index in [0.717, 1.165) is 64.2 Å². The summed E-state index contributed by atoms with van der Waals surface area (Å²) in [4.78, 5) is 33.5. The SMILES string of the molecule is CC1=CC(C)=C(CNC(=O)c2cc(-c3ccc(N4CCNC[C@@H]4C)nc3)cc3c2c(C)cn3C(C)C)C(=O)C1. The molecule has 2 aromatic heterocycles. The Bertz CT molecular complexity index is 1490. The number of carbonyl (C=O) groups is 2. The number of aryl methyl sites for hydroxylation is 1. The average Bonchev–Trinajstić information content (AvgIpc) is 3.24. The summed E-state index contributed by atoms with van der Waals surface area (Å²) >= 11 is 0. The highest BCUT2D eigenvalue weighted by atomic mass is 16.2. The van der Waals surface area contributed by atoms with Gasteiger partial charge in [0.05, 0.1) is 0 Å². The van der Waals surface area contributed by atoms with Gasteiger partial charge in [-0.2, -0.15) is 0 Å². The molecule has 1 aliphatic carbocycles. The molecule has 5 rings (SSSR count). The molecule has 0 saturated carbocycles. The molecule has 7 heteroatoms. The molecule has 0 bridgehead atoms. The maximum atomic E-state index is 13.7. The minimum atomic E-state index is -0.176. The minimum Gasteiger partial charge on any atom is -0.351 e. The van der Waals surface area contributed by atoms with Crippen LogP contribution in [0.4, 0.5) is 5.82 Å². The summed E-state index contributed by atoms with van der Waals surface area (Å²) in [6, 6.07) is 8.92. The van der Waals surface area contributed by atoms with E-state index in [0.29, 0.717) is 23.6 Å². The van der Waals surface area contributed by atoms with Crippen LogP contribution in [0, 0.1) is 6.92 Å². The number of amides is 1. The van der Waals surface area contributed by atoms with Gasteiger partial charge in [-0.05, 0) is 82.5 Å². The zero-order valence-corrected chi connectivity index (χ0v) is 23.9. The van der Waals surface area contributed by atoms with Crippen molar-refractivity contribution in [2.24, 2.45) is 0 Å². The molecular formula is C32H39N5O2. The maximum Gasteiger partial charge on any atom is 0.252 e. The summed E-state index contributed by atoms with van der Waals surface area (Å²) in [5.74, 6) is 0.877. The van der Waals surface area contributed by atoms with Gasteiger partial charge in [-0.3, -0.25) is 9.59 Å². The van der Waals surface area contributed by atoms with Crippen molar-refractivity contribution < 1.29 is 9.59 Å². The number of anilines is 1. The van der Waals surface area contributed by atoms with E-state index in [2.05, 4.69) is 65.3 Å². The van der Waals surface area contributed by atoms with Crippen LogP contribution >= 0.6 is 0 Å². The molecule has 39 heavy (non-hydrogen) atoms. The van der Waals surface area contributed by atoms with Gasteiger partial charge in [-0.1, -0.05) is 11.6 Å². The van der Waals surface area contributed by atoms with Gasteiger partial charge in [0.1, 0.15) is 5.82 Å². The molecule has 2 N–H and O–H groups in total. The van der Waals surface area contributed by atoms with Gasteiger partial charge >= 0.3 is 0 Å². The fraction of sp³-hybridized carbons (Fsp3) is 0.406. The topological polar surface area (TPSA) is 79.3 Å². The van der Waals surface area contributed by atoms with E-state index in [1.54, 1.807) is 0 Å². The Labute approximate surface area is 231 Å². The first-order chi connectivity index (χ1) is 18.6. The van der Waals surface area contributed by atoms with Crippen LogP contribution in [0.3, 0.4) is 0 Å². The minimum absolute atomic E-state index is 0.0822. The predicted octanol–water partition coefficient (Wildman–Crippen LogP) is 5.36. The molecule has 1 fully saturated rings. The number of piperazine rings is 1. The van der Waals surface area contributed by atoms with Crippen LogP contribution in [0.15, 0.2) is 59.5 Å². The number of fused-ring (bicyclic) bond motifs is 1. The van der Waals surface area contributed by atoms with Gasteiger partial charge in [-0.15, -0.1) is 0 Å². The largest absolute Gasteiger partial charge is 0.351 e. The molecule has 0 unspecified atom stereocenters. The highest BCUT2D eigenvalue weighted by molar-refractivity contribution is 6.10. The van der Waals surface area contributed by atoms with Gasteiger partial charge in [0.25, 0.3) is 5.91 Å². The first-order valence-electron chi connectivity index (χ1n) is 13.9.